The molecule has 0 aromatic rings. The van der Waals surface area contributed by atoms with Gasteiger partial charge in [0.2, 0.25) is 12.2 Å². The number of hydrogen-bond donors (Lipinski definition) is 0. The molecule has 0 aromatic carbocycles. The van der Waals surface area contributed by atoms with E-state index in [1.54, 1.807) is 12.2 Å². The van der Waals surface area contributed by atoms with Crippen molar-refractivity contribution in [3.63, 3.8) is 0 Å². The molecule has 0 saturated carbocycles. The lowest BCUT2D eigenvalue weighted by molar-refractivity contribution is 0.560. The van der Waals surface area contributed by atoms with Crippen LogP contribution < -0.4 is 0 Å². The quantitative estimate of drug-likeness (QED) is 0.392. The number of nitrogens with zero attached hydrogens (tertiary/aromatic N) is 2. The summed E-state index contributed by atoms with van der Waals surface area (Å²) >= 11 is 0. The summed E-state index contributed by atoms with van der Waals surface area (Å²) < 4.78 is 0. The van der Waals surface area contributed by atoms with Crippen molar-refractivity contribution in [2.75, 3.05) is 13.1 Å². The van der Waals surface area contributed by atoms with Crippen molar-refractivity contribution >= 4 is 12.2 Å². The number of carbonyl (C=O) groups excluding carboxylic acids is 2. The summed E-state index contributed by atoms with van der Waals surface area (Å²) in [5, 5.41) is 0. The summed E-state index contributed by atoms with van der Waals surface area (Å²) in [6, 6.07) is 0. The molecule has 1 aliphatic rings. The minimum absolute atomic E-state index is 0.527. The van der Waals surface area contributed by atoms with Crippen LogP contribution in [0.5, 0.6) is 0 Å². The first-order valence-electron chi connectivity index (χ1n) is 5.65. The van der Waals surface area contributed by atoms with Crippen molar-refractivity contribution in [2.45, 2.75) is 38.5 Å². The lowest BCUT2D eigenvalue weighted by atomic mass is 9.88. The summed E-state index contributed by atoms with van der Waals surface area (Å²) in [6.45, 7) is 1.05. The smallest absolute Gasteiger partial charge is 0.211 e. The van der Waals surface area contributed by atoms with Gasteiger partial charge in [-0.25, -0.2) is 19.6 Å². The van der Waals surface area contributed by atoms with Gasteiger partial charge in [0.25, 0.3) is 0 Å². The Hall–Kier alpha value is -1.50. The van der Waals surface area contributed by atoms with Gasteiger partial charge in [-0.15, -0.1) is 0 Å². The van der Waals surface area contributed by atoms with E-state index in [0.717, 1.165) is 25.7 Å². The predicted molar refractivity (Wildman–Crippen MR) is 60.7 cm³/mol. The highest BCUT2D eigenvalue weighted by molar-refractivity contribution is 5.33. The molecule has 0 fully saturated rings. The van der Waals surface area contributed by atoms with Crippen LogP contribution in [0, 0.1) is 0 Å². The van der Waals surface area contributed by atoms with Gasteiger partial charge >= 0.3 is 0 Å². The van der Waals surface area contributed by atoms with Gasteiger partial charge in [0, 0.05) is 0 Å². The van der Waals surface area contributed by atoms with E-state index in [2.05, 4.69) is 9.98 Å². The van der Waals surface area contributed by atoms with E-state index in [1.807, 2.05) is 0 Å². The Morgan fingerprint density at radius 3 is 1.69 bits per heavy atom. The Bertz CT molecular complexity index is 314. The first-order chi connectivity index (χ1) is 7.88. The second-order valence-electron chi connectivity index (χ2n) is 3.86. The monoisotopic (exact) mass is 220 g/mol. The number of hydrogen-bond acceptors (Lipinski definition) is 4. The van der Waals surface area contributed by atoms with Gasteiger partial charge in [-0.2, -0.15) is 0 Å². The highest BCUT2D eigenvalue weighted by atomic mass is 16.1. The molecule has 0 aromatic heterocycles. The molecule has 0 unspecified atom stereocenters. The third kappa shape index (κ3) is 4.35. The normalized spacial score (nSPS) is 15.2. The van der Waals surface area contributed by atoms with Crippen molar-refractivity contribution in [3.05, 3.63) is 11.1 Å². The van der Waals surface area contributed by atoms with Crippen molar-refractivity contribution in [1.29, 1.82) is 0 Å². The van der Waals surface area contributed by atoms with Crippen LogP contribution in [0.15, 0.2) is 21.1 Å². The van der Waals surface area contributed by atoms with Crippen molar-refractivity contribution in [3.8, 4) is 0 Å². The van der Waals surface area contributed by atoms with E-state index in [0.29, 0.717) is 13.1 Å². The molecule has 4 nitrogen and oxygen atoms in total. The van der Waals surface area contributed by atoms with Crippen LogP contribution >= 0.6 is 0 Å². The fourth-order valence-corrected chi connectivity index (χ4v) is 2.11. The van der Waals surface area contributed by atoms with Gasteiger partial charge in [0.05, 0.1) is 13.1 Å². The summed E-state index contributed by atoms with van der Waals surface area (Å²) in [7, 11) is 0. The molecule has 16 heavy (non-hydrogen) atoms. The van der Waals surface area contributed by atoms with Gasteiger partial charge in [0.1, 0.15) is 0 Å². The summed E-state index contributed by atoms with van der Waals surface area (Å²) in [5.74, 6) is 0. The molecule has 0 saturated heterocycles. The van der Waals surface area contributed by atoms with Crippen LogP contribution in [0.2, 0.25) is 0 Å². The maximum Gasteiger partial charge on any atom is 0.234 e. The average molecular weight is 220 g/mol. The van der Waals surface area contributed by atoms with E-state index in [4.69, 9.17) is 0 Å². The molecule has 0 bridgehead atoms. The number of isocyanates is 2. The first-order valence-corrected chi connectivity index (χ1v) is 5.65. The van der Waals surface area contributed by atoms with Gasteiger partial charge in [-0.05, 0) is 38.5 Å². The molecular formula is C12H16N2O2. The lowest BCUT2D eigenvalue weighted by Crippen LogP contribution is -2.03. The van der Waals surface area contributed by atoms with Gasteiger partial charge < -0.3 is 0 Å². The summed E-state index contributed by atoms with van der Waals surface area (Å²) in [6.07, 6.45) is 9.40. The molecule has 0 amide bonds. The minimum atomic E-state index is 0.527. The Kier molecular flexibility index (Phi) is 6.09. The van der Waals surface area contributed by atoms with E-state index in [9.17, 15) is 9.59 Å². The zero-order valence-electron chi connectivity index (χ0n) is 9.37. The fourth-order valence-electron chi connectivity index (χ4n) is 2.11. The van der Waals surface area contributed by atoms with E-state index >= 15 is 0 Å². The topological polar surface area (TPSA) is 58.9 Å². The molecule has 1 rings (SSSR count). The van der Waals surface area contributed by atoms with E-state index in [1.165, 1.54) is 24.0 Å². The SMILES string of the molecule is O=C=NCCC1=C(CCN=C=O)CCCC1. The Morgan fingerprint density at radius 1 is 0.875 bits per heavy atom. The third-order valence-corrected chi connectivity index (χ3v) is 2.89. The molecule has 0 N–H and O–H groups in total. The molecule has 1 aliphatic carbocycles. The predicted octanol–water partition coefficient (Wildman–Crippen LogP) is 2.31. The highest BCUT2D eigenvalue weighted by Gasteiger charge is 2.11. The standard InChI is InChI=1S/C12H16N2O2/c15-9-13-7-5-11-3-1-2-4-12(11)6-8-14-10-16/h1-8H2. The van der Waals surface area contributed by atoms with Gasteiger partial charge in [-0.1, -0.05) is 11.1 Å². The zero-order valence-corrected chi connectivity index (χ0v) is 9.37. The van der Waals surface area contributed by atoms with Crippen molar-refractivity contribution in [1.82, 2.24) is 0 Å². The van der Waals surface area contributed by atoms with Crippen LogP contribution in [0.1, 0.15) is 38.5 Å². The van der Waals surface area contributed by atoms with Gasteiger partial charge in [0.15, 0.2) is 0 Å². The highest BCUT2D eigenvalue weighted by Crippen LogP contribution is 2.28. The van der Waals surface area contributed by atoms with Crippen LogP contribution in [0.3, 0.4) is 0 Å². The molecule has 86 valence electrons. The maximum absolute atomic E-state index is 9.97. The number of aliphatic imine (C=N–C) groups is 2. The summed E-state index contributed by atoms with van der Waals surface area (Å²) in [4.78, 5) is 27.1. The van der Waals surface area contributed by atoms with Crippen LogP contribution in [-0.2, 0) is 9.59 Å². The zero-order chi connectivity index (χ0) is 11.6. The molecule has 0 radical (unpaired) electrons. The molecule has 4 heteroatoms. The Balaban J connectivity index is 2.55. The van der Waals surface area contributed by atoms with Crippen molar-refractivity contribution < 1.29 is 9.59 Å². The van der Waals surface area contributed by atoms with E-state index < -0.39 is 0 Å². The number of rotatable bonds is 6. The molecule has 0 aliphatic heterocycles. The molecule has 0 heterocycles. The molecule has 0 spiro atoms. The Labute approximate surface area is 95.2 Å². The van der Waals surface area contributed by atoms with Crippen LogP contribution in [0.4, 0.5) is 0 Å². The maximum atomic E-state index is 9.97. The first kappa shape index (κ1) is 12.6. The largest absolute Gasteiger partial charge is 0.234 e. The second-order valence-corrected chi connectivity index (χ2v) is 3.86. The fraction of sp³-hybridized carbons (Fsp3) is 0.667. The second kappa shape index (κ2) is 7.75. The van der Waals surface area contributed by atoms with Crippen molar-refractivity contribution in [2.24, 2.45) is 9.98 Å². The minimum Gasteiger partial charge on any atom is -0.211 e. The van der Waals surface area contributed by atoms with Crippen LogP contribution in [-0.4, -0.2) is 25.2 Å². The summed E-state index contributed by atoms with van der Waals surface area (Å²) in [5.41, 5.74) is 2.79. The van der Waals surface area contributed by atoms with Crippen LogP contribution in [0.25, 0.3) is 0 Å². The lowest BCUT2D eigenvalue weighted by Gasteiger charge is -2.19. The average Bonchev–Trinajstić information content (AvgIpc) is 2.32. The van der Waals surface area contributed by atoms with Gasteiger partial charge in [-0.3, -0.25) is 0 Å². The Morgan fingerprint density at radius 2 is 1.31 bits per heavy atom. The van der Waals surface area contributed by atoms with E-state index in [-0.39, 0.29) is 0 Å². The molecule has 0 atom stereocenters. The molecular weight excluding hydrogens is 204 g/mol. The third-order valence-electron chi connectivity index (χ3n) is 2.89.